The highest BCUT2D eigenvalue weighted by Gasteiger charge is 2.21. The number of hydrogen-bond acceptors (Lipinski definition) is 6. The molecule has 0 aliphatic rings. The fourth-order valence-corrected chi connectivity index (χ4v) is 1.72. The van der Waals surface area contributed by atoms with Crippen LogP contribution in [0.25, 0.3) is 12.2 Å². The Labute approximate surface area is 125 Å². The minimum Gasteiger partial charge on any atom is -0.484 e. The summed E-state index contributed by atoms with van der Waals surface area (Å²) in [4.78, 5) is 21.0. The van der Waals surface area contributed by atoms with Crippen LogP contribution in [0, 0.1) is 17.0 Å². The summed E-state index contributed by atoms with van der Waals surface area (Å²) >= 11 is 0. The third-order valence-corrected chi connectivity index (χ3v) is 2.73. The largest absolute Gasteiger partial charge is 0.484 e. The maximum Gasteiger partial charge on any atom is 0.338 e. The molecule has 0 saturated heterocycles. The minimum absolute atomic E-state index is 0.0801. The normalized spacial score (nSPS) is 10.8. The van der Waals surface area contributed by atoms with E-state index in [1.807, 2.05) is 0 Å². The fraction of sp³-hybridized carbons (Fsp3) is 0.143. The van der Waals surface area contributed by atoms with E-state index in [-0.39, 0.29) is 23.7 Å². The van der Waals surface area contributed by atoms with Gasteiger partial charge in [-0.2, -0.15) is 0 Å². The number of hydrogen-bond donors (Lipinski definition) is 1. The van der Waals surface area contributed by atoms with Crippen molar-refractivity contribution in [3.63, 3.8) is 0 Å². The molecule has 0 atom stereocenters. The Bertz CT molecular complexity index is 719. The Balaban J connectivity index is 2.11. The quantitative estimate of drug-likeness (QED) is 0.642. The molecule has 0 spiro atoms. The topological polar surface area (TPSA) is 121 Å². The van der Waals surface area contributed by atoms with Crippen molar-refractivity contribution in [2.45, 2.75) is 6.92 Å². The van der Waals surface area contributed by atoms with Gasteiger partial charge in [0.1, 0.15) is 5.75 Å². The highest BCUT2D eigenvalue weighted by Crippen LogP contribution is 2.24. The van der Waals surface area contributed by atoms with Crippen LogP contribution < -0.4 is 10.5 Å². The van der Waals surface area contributed by atoms with Crippen molar-refractivity contribution < 1.29 is 19.0 Å². The van der Waals surface area contributed by atoms with Crippen LogP contribution in [0.4, 0.5) is 5.69 Å². The molecule has 22 heavy (non-hydrogen) atoms. The predicted molar refractivity (Wildman–Crippen MR) is 78.0 cm³/mol. The van der Waals surface area contributed by atoms with Gasteiger partial charge in [-0.1, -0.05) is 23.4 Å². The van der Waals surface area contributed by atoms with E-state index >= 15 is 0 Å². The zero-order chi connectivity index (χ0) is 16.1. The van der Waals surface area contributed by atoms with E-state index < -0.39 is 10.8 Å². The molecule has 1 amide bonds. The summed E-state index contributed by atoms with van der Waals surface area (Å²) < 4.78 is 10.0. The van der Waals surface area contributed by atoms with Gasteiger partial charge in [-0.15, -0.1) is 0 Å². The molecule has 1 heterocycles. The molecule has 0 aliphatic carbocycles. The summed E-state index contributed by atoms with van der Waals surface area (Å²) in [5, 5.41) is 14.5. The molecular weight excluding hydrogens is 290 g/mol. The van der Waals surface area contributed by atoms with E-state index in [1.165, 1.54) is 13.0 Å². The van der Waals surface area contributed by atoms with Gasteiger partial charge in [-0.05, 0) is 30.7 Å². The second kappa shape index (κ2) is 6.53. The summed E-state index contributed by atoms with van der Waals surface area (Å²) in [6.45, 7) is 1.31. The van der Waals surface area contributed by atoms with Crippen LogP contribution in [0.15, 0.2) is 28.8 Å². The smallest absolute Gasteiger partial charge is 0.338 e. The molecule has 0 aliphatic heterocycles. The van der Waals surface area contributed by atoms with E-state index in [9.17, 15) is 14.9 Å². The summed E-state index contributed by atoms with van der Waals surface area (Å²) in [7, 11) is 0. The third-order valence-electron chi connectivity index (χ3n) is 2.73. The number of aryl methyl sites for hydroxylation is 1. The summed E-state index contributed by atoms with van der Waals surface area (Å²) in [6, 6.07) is 6.76. The van der Waals surface area contributed by atoms with Gasteiger partial charge in [-0.25, -0.2) is 0 Å². The maximum atomic E-state index is 10.9. The van der Waals surface area contributed by atoms with Gasteiger partial charge in [0.2, 0.25) is 5.76 Å². The number of carbonyl (C=O) groups excluding carboxylic acids is 1. The van der Waals surface area contributed by atoms with Crippen LogP contribution in [0.3, 0.4) is 0 Å². The Hall–Kier alpha value is -3.16. The molecule has 1 aromatic heterocycles. The number of nitro groups is 1. The standard InChI is InChI=1S/C14H13N3O5/c1-9-14(17(19)20)12(22-16-9)7-4-10-2-5-11(6-3-10)21-8-13(15)18/h2-7H,8H2,1H3,(H2,15,18). The van der Waals surface area contributed by atoms with E-state index in [0.29, 0.717) is 5.75 Å². The summed E-state index contributed by atoms with van der Waals surface area (Å²) in [6.07, 6.45) is 3.11. The molecular formula is C14H13N3O5. The van der Waals surface area contributed by atoms with E-state index in [0.717, 1.165) is 5.56 Å². The molecule has 0 fully saturated rings. The maximum absolute atomic E-state index is 10.9. The van der Waals surface area contributed by atoms with Gasteiger partial charge >= 0.3 is 5.69 Å². The van der Waals surface area contributed by atoms with Gasteiger partial charge in [0.05, 0.1) is 4.92 Å². The van der Waals surface area contributed by atoms with Gasteiger partial charge < -0.3 is 15.0 Å². The molecule has 114 valence electrons. The molecule has 0 radical (unpaired) electrons. The predicted octanol–water partition coefficient (Wildman–Crippen LogP) is 1.93. The van der Waals surface area contributed by atoms with E-state index in [2.05, 4.69) is 5.16 Å². The monoisotopic (exact) mass is 303 g/mol. The van der Waals surface area contributed by atoms with Crippen LogP contribution in [-0.2, 0) is 4.79 Å². The Morgan fingerprint density at radius 2 is 2.09 bits per heavy atom. The first-order chi connectivity index (χ1) is 10.5. The minimum atomic E-state index is -0.558. The highest BCUT2D eigenvalue weighted by atomic mass is 16.6. The Kier molecular flexibility index (Phi) is 4.52. The van der Waals surface area contributed by atoms with Gasteiger partial charge in [0, 0.05) is 0 Å². The van der Waals surface area contributed by atoms with Crippen molar-refractivity contribution in [2.24, 2.45) is 5.73 Å². The number of ether oxygens (including phenoxy) is 1. The number of amides is 1. The highest BCUT2D eigenvalue weighted by molar-refractivity contribution is 5.75. The number of nitrogens with zero attached hydrogens (tertiary/aromatic N) is 2. The van der Waals surface area contributed by atoms with Crippen molar-refractivity contribution >= 4 is 23.7 Å². The molecule has 8 nitrogen and oxygen atoms in total. The third kappa shape index (κ3) is 3.69. The van der Waals surface area contributed by atoms with E-state index in [4.69, 9.17) is 15.0 Å². The number of primary amides is 1. The average Bonchev–Trinajstić information content (AvgIpc) is 2.85. The van der Waals surface area contributed by atoms with Crippen molar-refractivity contribution in [1.82, 2.24) is 5.16 Å². The molecule has 1 aromatic carbocycles. The van der Waals surface area contributed by atoms with Crippen LogP contribution in [0.1, 0.15) is 17.0 Å². The molecule has 2 N–H and O–H groups in total. The van der Waals surface area contributed by atoms with Crippen LogP contribution in [0.5, 0.6) is 5.75 Å². The van der Waals surface area contributed by atoms with Crippen molar-refractivity contribution in [2.75, 3.05) is 6.61 Å². The van der Waals surface area contributed by atoms with E-state index in [1.54, 1.807) is 30.3 Å². The number of carbonyl (C=O) groups is 1. The lowest BCUT2D eigenvalue weighted by Gasteiger charge is -2.03. The van der Waals surface area contributed by atoms with Crippen LogP contribution in [-0.4, -0.2) is 22.6 Å². The zero-order valence-corrected chi connectivity index (χ0v) is 11.7. The summed E-state index contributed by atoms with van der Waals surface area (Å²) in [5.74, 6) is 0.0194. The number of benzene rings is 1. The first-order valence-electron chi connectivity index (χ1n) is 6.27. The first-order valence-corrected chi connectivity index (χ1v) is 6.27. The second-order valence-corrected chi connectivity index (χ2v) is 4.40. The number of rotatable bonds is 6. The molecule has 0 bridgehead atoms. The SMILES string of the molecule is Cc1noc(C=Cc2ccc(OCC(N)=O)cc2)c1[N+](=O)[O-]. The molecule has 2 aromatic rings. The lowest BCUT2D eigenvalue weighted by molar-refractivity contribution is -0.386. The van der Waals surface area contributed by atoms with Gasteiger partial charge in [-0.3, -0.25) is 14.9 Å². The molecule has 0 unspecified atom stereocenters. The van der Waals surface area contributed by atoms with Crippen LogP contribution >= 0.6 is 0 Å². The van der Waals surface area contributed by atoms with Gasteiger partial charge in [0.15, 0.2) is 12.3 Å². The fourth-order valence-electron chi connectivity index (χ4n) is 1.72. The zero-order valence-electron chi connectivity index (χ0n) is 11.7. The Morgan fingerprint density at radius 1 is 1.41 bits per heavy atom. The van der Waals surface area contributed by atoms with Crippen molar-refractivity contribution in [3.8, 4) is 5.75 Å². The molecule has 8 heteroatoms. The Morgan fingerprint density at radius 3 is 2.68 bits per heavy atom. The van der Waals surface area contributed by atoms with Crippen molar-refractivity contribution in [3.05, 3.63) is 51.4 Å². The average molecular weight is 303 g/mol. The lowest BCUT2D eigenvalue weighted by atomic mass is 10.2. The molecule has 2 rings (SSSR count). The summed E-state index contributed by atoms with van der Waals surface area (Å²) in [5.41, 5.74) is 5.82. The first kappa shape index (κ1) is 15.2. The molecule has 0 saturated carbocycles. The van der Waals surface area contributed by atoms with Crippen LogP contribution in [0.2, 0.25) is 0 Å². The van der Waals surface area contributed by atoms with Crippen molar-refractivity contribution in [1.29, 1.82) is 0 Å². The number of aromatic nitrogens is 1. The second-order valence-electron chi connectivity index (χ2n) is 4.40. The number of nitrogens with two attached hydrogens (primary N) is 1. The van der Waals surface area contributed by atoms with Gasteiger partial charge in [0.25, 0.3) is 5.91 Å². The lowest BCUT2D eigenvalue weighted by Crippen LogP contribution is -2.19.